The zero-order valence-electron chi connectivity index (χ0n) is 18.3. The summed E-state index contributed by atoms with van der Waals surface area (Å²) in [5.74, 6) is 2.27. The van der Waals surface area contributed by atoms with Gasteiger partial charge < -0.3 is 20.1 Å². The van der Waals surface area contributed by atoms with Gasteiger partial charge in [-0.05, 0) is 50.8 Å². The highest BCUT2D eigenvalue weighted by atomic mass is 16.5. The van der Waals surface area contributed by atoms with Crippen LogP contribution in [0.5, 0.6) is 5.75 Å². The summed E-state index contributed by atoms with van der Waals surface area (Å²) >= 11 is 0. The lowest BCUT2D eigenvalue weighted by Crippen LogP contribution is -2.52. The van der Waals surface area contributed by atoms with Crippen molar-refractivity contribution in [3.63, 3.8) is 0 Å². The molecule has 0 amide bonds. The largest absolute Gasteiger partial charge is 0.497 e. The van der Waals surface area contributed by atoms with E-state index in [2.05, 4.69) is 55.4 Å². The van der Waals surface area contributed by atoms with Crippen LogP contribution in [0.25, 0.3) is 0 Å². The maximum atomic E-state index is 5.47. The van der Waals surface area contributed by atoms with Gasteiger partial charge >= 0.3 is 0 Å². The lowest BCUT2D eigenvalue weighted by atomic mass is 9.98. The van der Waals surface area contributed by atoms with E-state index < -0.39 is 0 Å². The first-order chi connectivity index (χ1) is 13.5. The van der Waals surface area contributed by atoms with E-state index in [9.17, 15) is 0 Å². The van der Waals surface area contributed by atoms with Gasteiger partial charge in [-0.3, -0.25) is 9.89 Å². The minimum Gasteiger partial charge on any atom is -0.497 e. The van der Waals surface area contributed by atoms with E-state index in [0.29, 0.717) is 5.92 Å². The zero-order chi connectivity index (χ0) is 20.4. The first-order valence-corrected chi connectivity index (χ1v) is 10.4. The van der Waals surface area contributed by atoms with Crippen LogP contribution in [0.1, 0.15) is 45.6 Å². The molecule has 0 radical (unpaired) electrons. The maximum absolute atomic E-state index is 5.47. The SMILES string of the molecule is CCNC(=NCC(C)(C)N1CCOCC1)NCCC(C)c1ccc(OC)cc1. The van der Waals surface area contributed by atoms with Crippen LogP contribution >= 0.6 is 0 Å². The number of ether oxygens (including phenoxy) is 2. The predicted octanol–water partition coefficient (Wildman–Crippen LogP) is 2.85. The molecule has 0 bridgehead atoms. The molecule has 0 aromatic heterocycles. The molecule has 6 nitrogen and oxygen atoms in total. The summed E-state index contributed by atoms with van der Waals surface area (Å²) in [5.41, 5.74) is 1.36. The molecule has 28 heavy (non-hydrogen) atoms. The molecule has 1 saturated heterocycles. The molecule has 1 fully saturated rings. The smallest absolute Gasteiger partial charge is 0.191 e. The van der Waals surface area contributed by atoms with E-state index in [1.165, 1.54) is 5.56 Å². The Morgan fingerprint density at radius 3 is 2.50 bits per heavy atom. The molecular formula is C22H38N4O2. The Hall–Kier alpha value is -1.79. The Balaban J connectivity index is 1.84. The molecule has 1 unspecified atom stereocenters. The molecule has 0 spiro atoms. The minimum atomic E-state index is 0.0303. The number of benzene rings is 1. The fraction of sp³-hybridized carbons (Fsp3) is 0.682. The molecule has 6 heteroatoms. The highest BCUT2D eigenvalue weighted by molar-refractivity contribution is 5.79. The van der Waals surface area contributed by atoms with Crippen molar-refractivity contribution < 1.29 is 9.47 Å². The van der Waals surface area contributed by atoms with Crippen molar-refractivity contribution in [3.8, 4) is 5.75 Å². The third-order valence-corrected chi connectivity index (χ3v) is 5.39. The normalized spacial score (nSPS) is 17.2. The van der Waals surface area contributed by atoms with Gasteiger partial charge in [-0.1, -0.05) is 19.1 Å². The first kappa shape index (κ1) is 22.5. The highest BCUT2D eigenvalue weighted by Crippen LogP contribution is 2.21. The highest BCUT2D eigenvalue weighted by Gasteiger charge is 2.28. The van der Waals surface area contributed by atoms with E-state index in [4.69, 9.17) is 14.5 Å². The number of guanidine groups is 1. The maximum Gasteiger partial charge on any atom is 0.191 e. The van der Waals surface area contributed by atoms with Gasteiger partial charge in [-0.15, -0.1) is 0 Å². The summed E-state index contributed by atoms with van der Waals surface area (Å²) in [6.45, 7) is 15.0. The fourth-order valence-corrected chi connectivity index (χ4v) is 3.39. The molecule has 1 aliphatic heterocycles. The standard InChI is InChI=1S/C22H38N4O2/c1-6-23-21(25-17-22(3,4)26-13-15-28-16-14-26)24-12-11-18(2)19-7-9-20(27-5)10-8-19/h7-10,18H,6,11-17H2,1-5H3,(H2,23,24,25). The van der Waals surface area contributed by atoms with E-state index in [0.717, 1.165) is 64.1 Å². The van der Waals surface area contributed by atoms with E-state index in [1.54, 1.807) is 7.11 Å². The number of hydrogen-bond donors (Lipinski definition) is 2. The summed E-state index contributed by atoms with van der Waals surface area (Å²) in [6, 6.07) is 8.35. The molecule has 1 aliphatic rings. The summed E-state index contributed by atoms with van der Waals surface area (Å²) in [5, 5.41) is 6.86. The molecule has 1 heterocycles. The quantitative estimate of drug-likeness (QED) is 0.502. The van der Waals surface area contributed by atoms with E-state index >= 15 is 0 Å². The number of nitrogens with one attached hydrogen (secondary N) is 2. The zero-order valence-corrected chi connectivity index (χ0v) is 18.3. The topological polar surface area (TPSA) is 58.1 Å². The second-order valence-corrected chi connectivity index (χ2v) is 8.00. The minimum absolute atomic E-state index is 0.0303. The first-order valence-electron chi connectivity index (χ1n) is 10.4. The molecule has 0 saturated carbocycles. The molecule has 2 N–H and O–H groups in total. The van der Waals surface area contributed by atoms with Crippen molar-refractivity contribution in [3.05, 3.63) is 29.8 Å². The molecule has 1 aromatic carbocycles. The van der Waals surface area contributed by atoms with Crippen LogP contribution in [-0.4, -0.2) is 69.4 Å². The number of morpholine rings is 1. The Bertz CT molecular complexity index is 595. The number of hydrogen-bond acceptors (Lipinski definition) is 4. The van der Waals surface area contributed by atoms with Crippen molar-refractivity contribution >= 4 is 5.96 Å². The number of nitrogens with zero attached hydrogens (tertiary/aromatic N) is 2. The van der Waals surface area contributed by atoms with Gasteiger partial charge in [0.05, 0.1) is 26.9 Å². The van der Waals surface area contributed by atoms with Crippen molar-refractivity contribution in [1.29, 1.82) is 0 Å². The van der Waals surface area contributed by atoms with Gasteiger partial charge in [-0.2, -0.15) is 0 Å². The van der Waals surface area contributed by atoms with Gasteiger partial charge in [0.2, 0.25) is 0 Å². The van der Waals surface area contributed by atoms with Gasteiger partial charge in [0.1, 0.15) is 5.75 Å². The third kappa shape index (κ3) is 6.99. The fourth-order valence-electron chi connectivity index (χ4n) is 3.39. The van der Waals surface area contributed by atoms with Crippen LogP contribution in [0, 0.1) is 0 Å². The lowest BCUT2D eigenvalue weighted by Gasteiger charge is -2.39. The Morgan fingerprint density at radius 1 is 1.21 bits per heavy atom. The number of aliphatic imine (C=N–C) groups is 1. The summed E-state index contributed by atoms with van der Waals surface area (Å²) in [7, 11) is 1.70. The number of rotatable bonds is 9. The second-order valence-electron chi connectivity index (χ2n) is 8.00. The van der Waals surface area contributed by atoms with Crippen LogP contribution in [0.4, 0.5) is 0 Å². The van der Waals surface area contributed by atoms with Crippen LogP contribution in [0.2, 0.25) is 0 Å². The van der Waals surface area contributed by atoms with Gasteiger partial charge in [0, 0.05) is 31.7 Å². The Morgan fingerprint density at radius 2 is 1.89 bits per heavy atom. The summed E-state index contributed by atoms with van der Waals surface area (Å²) < 4.78 is 10.7. The van der Waals surface area contributed by atoms with Crippen LogP contribution in [-0.2, 0) is 4.74 Å². The molecule has 158 valence electrons. The van der Waals surface area contributed by atoms with Crippen LogP contribution in [0.3, 0.4) is 0 Å². The summed E-state index contributed by atoms with van der Waals surface area (Å²) in [4.78, 5) is 7.32. The molecular weight excluding hydrogens is 352 g/mol. The van der Waals surface area contributed by atoms with Crippen molar-refractivity contribution in [2.45, 2.75) is 45.6 Å². The monoisotopic (exact) mass is 390 g/mol. The number of methoxy groups -OCH3 is 1. The Labute approximate surface area is 170 Å². The van der Waals surface area contributed by atoms with Gasteiger partial charge in [0.15, 0.2) is 5.96 Å². The average molecular weight is 391 g/mol. The summed E-state index contributed by atoms with van der Waals surface area (Å²) in [6.07, 6.45) is 1.05. The van der Waals surface area contributed by atoms with Crippen LogP contribution < -0.4 is 15.4 Å². The molecule has 2 rings (SSSR count). The van der Waals surface area contributed by atoms with Crippen molar-refractivity contribution in [2.75, 3.05) is 53.0 Å². The molecule has 1 aromatic rings. The third-order valence-electron chi connectivity index (χ3n) is 5.39. The van der Waals surface area contributed by atoms with Crippen molar-refractivity contribution in [2.24, 2.45) is 4.99 Å². The average Bonchev–Trinajstić information content (AvgIpc) is 2.72. The predicted molar refractivity (Wildman–Crippen MR) is 116 cm³/mol. The van der Waals surface area contributed by atoms with Gasteiger partial charge in [0.25, 0.3) is 0 Å². The second kappa shape index (κ2) is 11.3. The van der Waals surface area contributed by atoms with Gasteiger partial charge in [-0.25, -0.2) is 0 Å². The molecule has 1 atom stereocenters. The van der Waals surface area contributed by atoms with E-state index in [-0.39, 0.29) is 5.54 Å². The van der Waals surface area contributed by atoms with Crippen LogP contribution in [0.15, 0.2) is 29.3 Å². The van der Waals surface area contributed by atoms with Crippen molar-refractivity contribution in [1.82, 2.24) is 15.5 Å². The van der Waals surface area contributed by atoms with E-state index in [1.807, 2.05) is 12.1 Å². The lowest BCUT2D eigenvalue weighted by molar-refractivity contribution is -0.00683. The molecule has 0 aliphatic carbocycles. The Kier molecular flexibility index (Phi) is 9.06.